The summed E-state index contributed by atoms with van der Waals surface area (Å²) in [6.07, 6.45) is 8.81. The summed E-state index contributed by atoms with van der Waals surface area (Å²) in [7, 11) is 0. The molecule has 1 amide bonds. The molecule has 5 nitrogen and oxygen atoms in total. The third-order valence-corrected chi connectivity index (χ3v) is 7.05. The van der Waals surface area contributed by atoms with E-state index in [2.05, 4.69) is 34.6 Å². The Hall–Kier alpha value is -2.02. The molecule has 3 rings (SSSR count). The number of halogens is 2. The highest BCUT2D eigenvalue weighted by Gasteiger charge is 2.18. The molecule has 182 valence electrons. The number of aromatic nitrogens is 3. The van der Waals surface area contributed by atoms with Gasteiger partial charge in [0.05, 0.1) is 17.3 Å². The number of unbranched alkanes of at least 4 members (excludes halogenated alkanes) is 6. The standard InChI is InChI=1S/C26H32Cl2N4OS/c1-2-3-4-5-6-7-11-14-25(33)29-18-24-30-31-26(34-19-20-12-9-8-10-13-20)32(24)23-16-15-21(27)17-22(23)28/h8-10,12-13,15-17H,2-7,11,14,18-19H2,1H3,(H,29,33). The molecular weight excluding hydrogens is 487 g/mol. The van der Waals surface area contributed by atoms with Crippen molar-refractivity contribution in [3.05, 3.63) is 70.0 Å². The first-order valence-corrected chi connectivity index (χ1v) is 13.7. The van der Waals surface area contributed by atoms with Crippen LogP contribution in [0.4, 0.5) is 0 Å². The molecule has 1 heterocycles. The molecule has 0 aliphatic carbocycles. The number of carbonyl (C=O) groups excluding carboxylic acids is 1. The van der Waals surface area contributed by atoms with Gasteiger partial charge in [-0.1, -0.05) is 111 Å². The van der Waals surface area contributed by atoms with Gasteiger partial charge in [-0.25, -0.2) is 0 Å². The minimum absolute atomic E-state index is 0.0313. The second-order valence-corrected chi connectivity index (χ2v) is 10.0. The molecule has 1 aromatic heterocycles. The van der Waals surface area contributed by atoms with Crippen LogP contribution in [0.3, 0.4) is 0 Å². The smallest absolute Gasteiger partial charge is 0.220 e. The Kier molecular flexibility index (Phi) is 11.3. The van der Waals surface area contributed by atoms with Crippen LogP contribution in [0.25, 0.3) is 5.69 Å². The molecule has 0 aliphatic rings. The van der Waals surface area contributed by atoms with Gasteiger partial charge in [-0.3, -0.25) is 9.36 Å². The van der Waals surface area contributed by atoms with Gasteiger partial charge < -0.3 is 5.32 Å². The zero-order valence-corrected chi connectivity index (χ0v) is 21.9. The fraction of sp³-hybridized carbons (Fsp3) is 0.423. The van der Waals surface area contributed by atoms with Crippen LogP contribution in [0.15, 0.2) is 53.7 Å². The second kappa shape index (κ2) is 14.4. The summed E-state index contributed by atoms with van der Waals surface area (Å²) in [6, 6.07) is 15.5. The Morgan fingerprint density at radius 3 is 2.44 bits per heavy atom. The van der Waals surface area contributed by atoms with E-state index in [0.717, 1.165) is 24.3 Å². The summed E-state index contributed by atoms with van der Waals surface area (Å²) in [5, 5.41) is 13.5. The van der Waals surface area contributed by atoms with Crippen molar-refractivity contribution in [3.63, 3.8) is 0 Å². The van der Waals surface area contributed by atoms with Crippen molar-refractivity contribution in [2.75, 3.05) is 0 Å². The lowest BCUT2D eigenvalue weighted by molar-refractivity contribution is -0.121. The van der Waals surface area contributed by atoms with Gasteiger partial charge in [-0.2, -0.15) is 0 Å². The van der Waals surface area contributed by atoms with Crippen LogP contribution in [0.2, 0.25) is 10.0 Å². The average molecular weight is 520 g/mol. The molecule has 0 fully saturated rings. The zero-order chi connectivity index (χ0) is 24.2. The van der Waals surface area contributed by atoms with Crippen LogP contribution < -0.4 is 5.32 Å². The molecule has 0 aliphatic heterocycles. The molecule has 0 spiro atoms. The number of hydrogen-bond acceptors (Lipinski definition) is 4. The highest BCUT2D eigenvalue weighted by molar-refractivity contribution is 7.98. The summed E-state index contributed by atoms with van der Waals surface area (Å²) >= 11 is 14.2. The third kappa shape index (κ3) is 8.33. The van der Waals surface area contributed by atoms with E-state index in [4.69, 9.17) is 23.2 Å². The van der Waals surface area contributed by atoms with E-state index in [1.54, 1.807) is 23.9 Å². The minimum atomic E-state index is 0.0313. The number of nitrogens with one attached hydrogen (secondary N) is 1. The van der Waals surface area contributed by atoms with Crippen LogP contribution in [-0.2, 0) is 17.1 Å². The largest absolute Gasteiger partial charge is 0.349 e. The summed E-state index contributed by atoms with van der Waals surface area (Å²) < 4.78 is 1.90. The van der Waals surface area contributed by atoms with Crippen molar-refractivity contribution in [3.8, 4) is 5.69 Å². The molecule has 0 saturated carbocycles. The van der Waals surface area contributed by atoms with Gasteiger partial charge in [0.1, 0.15) is 0 Å². The summed E-state index contributed by atoms with van der Waals surface area (Å²) in [4.78, 5) is 12.4. The van der Waals surface area contributed by atoms with E-state index in [1.165, 1.54) is 37.7 Å². The number of thioether (sulfide) groups is 1. The molecular formula is C26H32Cl2N4OS. The Morgan fingerprint density at radius 1 is 0.971 bits per heavy atom. The lowest BCUT2D eigenvalue weighted by Crippen LogP contribution is -2.24. The highest BCUT2D eigenvalue weighted by Crippen LogP contribution is 2.30. The van der Waals surface area contributed by atoms with Gasteiger partial charge in [0.2, 0.25) is 5.91 Å². The van der Waals surface area contributed by atoms with Gasteiger partial charge in [-0.15, -0.1) is 10.2 Å². The quantitative estimate of drug-likeness (QED) is 0.176. The summed E-state index contributed by atoms with van der Waals surface area (Å²) in [5.41, 5.74) is 1.93. The first-order valence-electron chi connectivity index (χ1n) is 11.9. The molecule has 1 N–H and O–H groups in total. The van der Waals surface area contributed by atoms with Crippen molar-refractivity contribution < 1.29 is 4.79 Å². The van der Waals surface area contributed by atoms with E-state index in [0.29, 0.717) is 27.4 Å². The molecule has 0 unspecified atom stereocenters. The van der Waals surface area contributed by atoms with Gasteiger partial charge in [0.25, 0.3) is 0 Å². The monoisotopic (exact) mass is 518 g/mol. The Bertz CT molecular complexity index is 1040. The molecule has 8 heteroatoms. The topological polar surface area (TPSA) is 59.8 Å². The maximum Gasteiger partial charge on any atom is 0.220 e. The number of amides is 1. The second-order valence-electron chi connectivity index (χ2n) is 8.25. The van der Waals surface area contributed by atoms with Crippen LogP contribution in [-0.4, -0.2) is 20.7 Å². The maximum atomic E-state index is 12.4. The third-order valence-electron chi connectivity index (χ3n) is 5.51. The number of nitrogens with zero attached hydrogens (tertiary/aromatic N) is 3. The van der Waals surface area contributed by atoms with Crippen LogP contribution in [0.5, 0.6) is 0 Å². The highest BCUT2D eigenvalue weighted by atomic mass is 35.5. The van der Waals surface area contributed by atoms with Crippen LogP contribution in [0.1, 0.15) is 69.7 Å². The van der Waals surface area contributed by atoms with Gasteiger partial charge in [0, 0.05) is 17.2 Å². The number of hydrogen-bond donors (Lipinski definition) is 1. The summed E-state index contributed by atoms with van der Waals surface area (Å²) in [6.45, 7) is 2.50. The van der Waals surface area contributed by atoms with E-state index < -0.39 is 0 Å². The number of benzene rings is 2. The Morgan fingerprint density at radius 2 is 1.71 bits per heavy atom. The first-order chi connectivity index (χ1) is 16.6. The van der Waals surface area contributed by atoms with E-state index >= 15 is 0 Å². The lowest BCUT2D eigenvalue weighted by atomic mass is 10.1. The van der Waals surface area contributed by atoms with Crippen molar-refractivity contribution in [2.45, 2.75) is 75.7 Å². The first kappa shape index (κ1) is 26.6. The molecule has 0 saturated heterocycles. The Labute approximate surface area is 216 Å². The number of rotatable bonds is 14. The molecule has 0 bridgehead atoms. The van der Waals surface area contributed by atoms with Gasteiger partial charge in [0.15, 0.2) is 11.0 Å². The predicted molar refractivity (Wildman–Crippen MR) is 142 cm³/mol. The predicted octanol–water partition coefficient (Wildman–Crippen LogP) is 7.62. The van der Waals surface area contributed by atoms with E-state index in [1.807, 2.05) is 28.8 Å². The SMILES string of the molecule is CCCCCCCCCC(=O)NCc1nnc(SCc2ccccc2)n1-c1ccc(Cl)cc1Cl. The molecule has 3 aromatic rings. The number of carbonyl (C=O) groups is 1. The van der Waals surface area contributed by atoms with Crippen LogP contribution >= 0.6 is 35.0 Å². The van der Waals surface area contributed by atoms with Crippen molar-refractivity contribution in [2.24, 2.45) is 0 Å². The van der Waals surface area contributed by atoms with Crippen molar-refractivity contribution in [1.82, 2.24) is 20.1 Å². The van der Waals surface area contributed by atoms with Gasteiger partial charge >= 0.3 is 0 Å². The molecule has 34 heavy (non-hydrogen) atoms. The molecule has 2 aromatic carbocycles. The van der Waals surface area contributed by atoms with Crippen LogP contribution in [0, 0.1) is 0 Å². The molecule has 0 atom stereocenters. The average Bonchev–Trinajstić information content (AvgIpc) is 3.24. The molecule has 0 radical (unpaired) electrons. The Balaban J connectivity index is 1.63. The van der Waals surface area contributed by atoms with E-state index in [-0.39, 0.29) is 12.5 Å². The zero-order valence-electron chi connectivity index (χ0n) is 19.6. The minimum Gasteiger partial charge on any atom is -0.349 e. The van der Waals surface area contributed by atoms with E-state index in [9.17, 15) is 4.79 Å². The fourth-order valence-electron chi connectivity index (χ4n) is 3.64. The van der Waals surface area contributed by atoms with Crippen molar-refractivity contribution >= 4 is 40.9 Å². The maximum absolute atomic E-state index is 12.4. The summed E-state index contributed by atoms with van der Waals surface area (Å²) in [5.74, 6) is 1.41. The van der Waals surface area contributed by atoms with Crippen molar-refractivity contribution in [1.29, 1.82) is 0 Å². The van der Waals surface area contributed by atoms with Gasteiger partial charge in [-0.05, 0) is 30.2 Å². The fourth-order valence-corrected chi connectivity index (χ4v) is 5.06. The normalized spacial score (nSPS) is 11.0. The lowest BCUT2D eigenvalue weighted by Gasteiger charge is -2.13.